The van der Waals surface area contributed by atoms with Gasteiger partial charge in [0.25, 0.3) is 5.91 Å². The van der Waals surface area contributed by atoms with Crippen molar-refractivity contribution in [2.45, 2.75) is 19.9 Å². The summed E-state index contributed by atoms with van der Waals surface area (Å²) in [5.74, 6) is -1.42. The number of carboxylic acid groups (broad SMARTS) is 1. The monoisotopic (exact) mass is 307 g/mol. The van der Waals surface area contributed by atoms with Gasteiger partial charge in [0.15, 0.2) is 0 Å². The van der Waals surface area contributed by atoms with Gasteiger partial charge in [-0.1, -0.05) is 53.8 Å². The number of amides is 1. The molecule has 1 saturated heterocycles. The number of benzene rings is 1. The lowest BCUT2D eigenvalue weighted by Gasteiger charge is -2.18. The molecule has 0 bridgehead atoms. The number of carboxylic acids is 1. The number of thioether (sulfide) groups is 1. The summed E-state index contributed by atoms with van der Waals surface area (Å²) >= 11 is 6.23. The molecule has 1 aliphatic heterocycles. The van der Waals surface area contributed by atoms with E-state index in [9.17, 15) is 9.59 Å². The maximum absolute atomic E-state index is 12.2. The number of thiocarbonyl (C=S) groups is 1. The van der Waals surface area contributed by atoms with Crippen LogP contribution in [0.2, 0.25) is 0 Å². The van der Waals surface area contributed by atoms with Crippen LogP contribution < -0.4 is 0 Å². The van der Waals surface area contributed by atoms with Crippen molar-refractivity contribution < 1.29 is 14.7 Å². The zero-order valence-corrected chi connectivity index (χ0v) is 12.6. The number of carbonyl (C=O) groups is 2. The number of rotatable bonds is 3. The molecule has 20 heavy (non-hydrogen) atoms. The molecule has 1 heterocycles. The SMILES string of the molecule is Cc1cccc(/C=C2/SC(=S)N(C(C)C(=O)O)C2=O)c1. The molecule has 1 aliphatic rings. The van der Waals surface area contributed by atoms with E-state index in [4.69, 9.17) is 17.3 Å². The summed E-state index contributed by atoms with van der Waals surface area (Å²) in [6.07, 6.45) is 1.74. The average Bonchev–Trinajstić information content (AvgIpc) is 2.63. The third kappa shape index (κ3) is 2.91. The lowest BCUT2D eigenvalue weighted by molar-refractivity contribution is -0.144. The van der Waals surface area contributed by atoms with Crippen LogP contribution >= 0.6 is 24.0 Å². The zero-order valence-electron chi connectivity index (χ0n) is 11.0. The molecule has 2 rings (SSSR count). The minimum Gasteiger partial charge on any atom is -0.480 e. The largest absolute Gasteiger partial charge is 0.480 e. The Balaban J connectivity index is 2.30. The van der Waals surface area contributed by atoms with Gasteiger partial charge in [-0.3, -0.25) is 9.69 Å². The molecule has 1 atom stereocenters. The van der Waals surface area contributed by atoms with Crippen LogP contribution in [0.25, 0.3) is 6.08 Å². The molecule has 0 radical (unpaired) electrons. The second-order valence-corrected chi connectivity index (χ2v) is 6.16. The van der Waals surface area contributed by atoms with Crippen molar-refractivity contribution in [2.24, 2.45) is 0 Å². The van der Waals surface area contributed by atoms with E-state index in [2.05, 4.69) is 0 Å². The molecule has 104 valence electrons. The van der Waals surface area contributed by atoms with Crippen molar-refractivity contribution in [1.29, 1.82) is 0 Å². The van der Waals surface area contributed by atoms with Gasteiger partial charge in [0, 0.05) is 0 Å². The Morgan fingerprint density at radius 3 is 2.80 bits per heavy atom. The van der Waals surface area contributed by atoms with Crippen LogP contribution in [-0.4, -0.2) is 32.2 Å². The van der Waals surface area contributed by atoms with Crippen LogP contribution in [0.3, 0.4) is 0 Å². The lowest BCUT2D eigenvalue weighted by Crippen LogP contribution is -2.41. The van der Waals surface area contributed by atoms with Gasteiger partial charge in [-0.2, -0.15) is 0 Å². The van der Waals surface area contributed by atoms with Crippen LogP contribution in [-0.2, 0) is 9.59 Å². The van der Waals surface area contributed by atoms with Gasteiger partial charge in [0.2, 0.25) is 0 Å². The third-order valence-corrected chi connectivity index (χ3v) is 4.24. The molecular formula is C14H13NO3S2. The topological polar surface area (TPSA) is 57.6 Å². The minimum atomic E-state index is -1.07. The Labute approximate surface area is 126 Å². The predicted octanol–water partition coefficient (Wildman–Crippen LogP) is 2.67. The smallest absolute Gasteiger partial charge is 0.326 e. The van der Waals surface area contributed by atoms with E-state index in [1.54, 1.807) is 6.08 Å². The summed E-state index contributed by atoms with van der Waals surface area (Å²) < 4.78 is 0.281. The van der Waals surface area contributed by atoms with Crippen LogP contribution in [0.4, 0.5) is 0 Å². The molecule has 4 nitrogen and oxygen atoms in total. The van der Waals surface area contributed by atoms with Crippen LogP contribution in [0.1, 0.15) is 18.1 Å². The van der Waals surface area contributed by atoms with Crippen molar-refractivity contribution in [3.05, 3.63) is 40.3 Å². The maximum atomic E-state index is 12.2. The number of aryl methyl sites for hydroxylation is 1. The normalized spacial score (nSPS) is 18.7. The first-order valence-corrected chi connectivity index (χ1v) is 7.19. The molecule has 1 fully saturated rings. The highest BCUT2D eigenvalue weighted by molar-refractivity contribution is 8.26. The summed E-state index contributed by atoms with van der Waals surface area (Å²) in [7, 11) is 0. The molecule has 0 aromatic heterocycles. The number of carbonyl (C=O) groups excluding carboxylic acids is 1. The number of hydrogen-bond acceptors (Lipinski definition) is 4. The Hall–Kier alpha value is -1.66. The highest BCUT2D eigenvalue weighted by Gasteiger charge is 2.38. The predicted molar refractivity (Wildman–Crippen MR) is 83.3 cm³/mol. The number of nitrogens with zero attached hydrogens (tertiary/aromatic N) is 1. The van der Waals surface area contributed by atoms with Gasteiger partial charge in [-0.05, 0) is 25.5 Å². The molecule has 1 unspecified atom stereocenters. The van der Waals surface area contributed by atoms with E-state index in [1.807, 2.05) is 31.2 Å². The summed E-state index contributed by atoms with van der Waals surface area (Å²) in [6, 6.07) is 6.76. The Morgan fingerprint density at radius 1 is 1.50 bits per heavy atom. The fourth-order valence-electron chi connectivity index (χ4n) is 1.84. The number of hydrogen-bond donors (Lipinski definition) is 1. The Bertz CT molecular complexity index is 625. The van der Waals surface area contributed by atoms with Crippen molar-refractivity contribution in [1.82, 2.24) is 4.90 Å². The fourth-order valence-corrected chi connectivity index (χ4v) is 3.25. The third-order valence-electron chi connectivity index (χ3n) is 2.91. The second-order valence-electron chi connectivity index (χ2n) is 4.48. The Morgan fingerprint density at radius 2 is 2.20 bits per heavy atom. The summed E-state index contributed by atoms with van der Waals surface area (Å²) in [4.78, 5) is 24.8. The molecule has 0 aliphatic carbocycles. The molecular weight excluding hydrogens is 294 g/mol. The quantitative estimate of drug-likeness (QED) is 0.687. The molecule has 1 N–H and O–H groups in total. The molecule has 1 aromatic rings. The summed E-state index contributed by atoms with van der Waals surface area (Å²) in [6.45, 7) is 3.41. The first-order chi connectivity index (χ1) is 9.40. The van der Waals surface area contributed by atoms with Crippen LogP contribution in [0.15, 0.2) is 29.2 Å². The fraction of sp³-hybridized carbons (Fsp3) is 0.214. The number of aliphatic carboxylic acids is 1. The van der Waals surface area contributed by atoms with E-state index in [0.717, 1.165) is 27.8 Å². The van der Waals surface area contributed by atoms with E-state index in [-0.39, 0.29) is 10.2 Å². The minimum absolute atomic E-state index is 0.281. The van der Waals surface area contributed by atoms with Crippen LogP contribution in [0.5, 0.6) is 0 Å². The zero-order chi connectivity index (χ0) is 14.9. The summed E-state index contributed by atoms with van der Waals surface area (Å²) in [5, 5.41) is 9.01. The van der Waals surface area contributed by atoms with E-state index >= 15 is 0 Å². The molecule has 0 saturated carbocycles. The second kappa shape index (κ2) is 5.76. The van der Waals surface area contributed by atoms with Gasteiger partial charge in [-0.15, -0.1) is 0 Å². The first kappa shape index (κ1) is 14.7. The van der Waals surface area contributed by atoms with Gasteiger partial charge >= 0.3 is 5.97 Å². The molecule has 1 amide bonds. The molecule has 0 spiro atoms. The Kier molecular flexibility index (Phi) is 4.25. The van der Waals surface area contributed by atoms with Gasteiger partial charge in [-0.25, -0.2) is 4.79 Å². The summed E-state index contributed by atoms with van der Waals surface area (Å²) in [5.41, 5.74) is 1.99. The van der Waals surface area contributed by atoms with Gasteiger partial charge < -0.3 is 5.11 Å². The van der Waals surface area contributed by atoms with Crippen molar-refractivity contribution >= 4 is 46.3 Å². The molecule has 6 heteroatoms. The van der Waals surface area contributed by atoms with Crippen molar-refractivity contribution in [3.8, 4) is 0 Å². The van der Waals surface area contributed by atoms with E-state index in [0.29, 0.717) is 4.91 Å². The standard InChI is InChI=1S/C14H13NO3S2/c1-8-4-3-5-10(6-8)7-11-12(16)15(14(19)20-11)9(2)13(17)18/h3-7,9H,1-2H3,(H,17,18)/b11-7+. The molecule has 1 aromatic carbocycles. The van der Waals surface area contributed by atoms with Gasteiger partial charge in [0.05, 0.1) is 4.91 Å². The first-order valence-electron chi connectivity index (χ1n) is 5.96. The van der Waals surface area contributed by atoms with E-state index < -0.39 is 12.0 Å². The van der Waals surface area contributed by atoms with E-state index in [1.165, 1.54) is 6.92 Å². The highest BCUT2D eigenvalue weighted by atomic mass is 32.2. The van der Waals surface area contributed by atoms with Crippen molar-refractivity contribution in [3.63, 3.8) is 0 Å². The van der Waals surface area contributed by atoms with Crippen molar-refractivity contribution in [2.75, 3.05) is 0 Å². The lowest BCUT2D eigenvalue weighted by atomic mass is 10.1. The van der Waals surface area contributed by atoms with Gasteiger partial charge in [0.1, 0.15) is 10.4 Å². The van der Waals surface area contributed by atoms with Crippen LogP contribution in [0, 0.1) is 6.92 Å². The average molecular weight is 307 g/mol. The highest BCUT2D eigenvalue weighted by Crippen LogP contribution is 2.33. The maximum Gasteiger partial charge on any atom is 0.326 e.